The minimum Gasteiger partial charge on any atom is -0.481 e. The highest BCUT2D eigenvalue weighted by molar-refractivity contribution is 5.77. The Balaban J connectivity index is 2.11. The van der Waals surface area contributed by atoms with Gasteiger partial charge in [-0.2, -0.15) is 0 Å². The van der Waals surface area contributed by atoms with E-state index in [2.05, 4.69) is 12.2 Å². The average Bonchev–Trinajstić information content (AvgIpc) is 2.44. The van der Waals surface area contributed by atoms with Crippen LogP contribution in [0.25, 0.3) is 0 Å². The predicted molar refractivity (Wildman–Crippen MR) is 78.6 cm³/mol. The third-order valence-corrected chi connectivity index (χ3v) is 3.90. The highest BCUT2D eigenvalue weighted by Gasteiger charge is 2.22. The van der Waals surface area contributed by atoms with Crippen molar-refractivity contribution in [3.8, 4) is 0 Å². The van der Waals surface area contributed by atoms with Gasteiger partial charge in [-0.05, 0) is 51.1 Å². The molecule has 0 aromatic carbocycles. The summed E-state index contributed by atoms with van der Waals surface area (Å²) in [6.07, 6.45) is 5.44. The lowest BCUT2D eigenvalue weighted by Crippen LogP contribution is -2.39. The molecule has 116 valence electrons. The van der Waals surface area contributed by atoms with Crippen molar-refractivity contribution in [1.82, 2.24) is 10.2 Å². The first-order valence-corrected chi connectivity index (χ1v) is 7.83. The monoisotopic (exact) mass is 284 g/mol. The van der Waals surface area contributed by atoms with Crippen LogP contribution in [0.2, 0.25) is 0 Å². The Kier molecular flexibility index (Phi) is 8.26. The van der Waals surface area contributed by atoms with Gasteiger partial charge < -0.3 is 15.3 Å². The van der Waals surface area contributed by atoms with Gasteiger partial charge in [-0.3, -0.25) is 9.59 Å². The fourth-order valence-corrected chi connectivity index (χ4v) is 2.63. The minimum absolute atomic E-state index is 0.0886. The summed E-state index contributed by atoms with van der Waals surface area (Å²) in [6, 6.07) is 0. The Morgan fingerprint density at radius 1 is 1.20 bits per heavy atom. The van der Waals surface area contributed by atoms with Crippen LogP contribution >= 0.6 is 0 Å². The van der Waals surface area contributed by atoms with Crippen molar-refractivity contribution >= 4 is 11.9 Å². The van der Waals surface area contributed by atoms with Gasteiger partial charge in [-0.25, -0.2) is 0 Å². The maximum absolute atomic E-state index is 11.9. The molecule has 0 spiro atoms. The van der Waals surface area contributed by atoms with Crippen molar-refractivity contribution in [1.29, 1.82) is 0 Å². The third-order valence-electron chi connectivity index (χ3n) is 3.90. The Morgan fingerprint density at radius 2 is 1.90 bits per heavy atom. The van der Waals surface area contributed by atoms with E-state index in [0.29, 0.717) is 12.8 Å². The lowest BCUT2D eigenvalue weighted by molar-refractivity contribution is -0.137. The van der Waals surface area contributed by atoms with Gasteiger partial charge in [0.25, 0.3) is 0 Å². The van der Waals surface area contributed by atoms with E-state index in [1.54, 1.807) is 0 Å². The topological polar surface area (TPSA) is 69.6 Å². The molecule has 1 heterocycles. The number of aliphatic carboxylic acids is 1. The number of carbonyl (C=O) groups excluding carboxylic acids is 1. The van der Waals surface area contributed by atoms with Crippen LogP contribution < -0.4 is 5.32 Å². The molecule has 1 saturated heterocycles. The predicted octanol–water partition coefficient (Wildman–Crippen LogP) is 1.87. The van der Waals surface area contributed by atoms with Crippen molar-refractivity contribution < 1.29 is 14.7 Å². The molecule has 20 heavy (non-hydrogen) atoms. The third kappa shape index (κ3) is 6.89. The first-order chi connectivity index (χ1) is 9.63. The van der Waals surface area contributed by atoms with Gasteiger partial charge in [0.05, 0.1) is 0 Å². The van der Waals surface area contributed by atoms with Gasteiger partial charge in [0, 0.05) is 25.9 Å². The second-order valence-electron chi connectivity index (χ2n) is 5.61. The maximum atomic E-state index is 11.9. The summed E-state index contributed by atoms with van der Waals surface area (Å²) in [6.45, 7) is 6.00. The number of carbonyl (C=O) groups is 2. The highest BCUT2D eigenvalue weighted by Crippen LogP contribution is 2.20. The number of carboxylic acids is 1. The molecule has 0 aromatic heterocycles. The van der Waals surface area contributed by atoms with Crippen molar-refractivity contribution in [3.63, 3.8) is 0 Å². The standard InChI is InChI=1S/C15H28N2O3/c1-2-9-16-10-6-13-7-11-17(12-8-13)14(18)4-3-5-15(19)20/h13,16H,2-12H2,1H3,(H,19,20). The number of piperidine rings is 1. The number of carboxylic acid groups (broad SMARTS) is 1. The number of nitrogens with zero attached hydrogens (tertiary/aromatic N) is 1. The molecule has 0 bridgehead atoms. The van der Waals surface area contributed by atoms with Gasteiger partial charge in [-0.15, -0.1) is 0 Å². The van der Waals surface area contributed by atoms with E-state index >= 15 is 0 Å². The van der Waals surface area contributed by atoms with Crippen LogP contribution in [-0.2, 0) is 9.59 Å². The van der Waals surface area contributed by atoms with E-state index in [0.717, 1.165) is 44.9 Å². The second-order valence-corrected chi connectivity index (χ2v) is 5.61. The fraction of sp³-hybridized carbons (Fsp3) is 0.867. The first-order valence-electron chi connectivity index (χ1n) is 7.83. The lowest BCUT2D eigenvalue weighted by atomic mass is 9.93. The zero-order valence-electron chi connectivity index (χ0n) is 12.6. The number of hydrogen-bond acceptors (Lipinski definition) is 3. The largest absolute Gasteiger partial charge is 0.481 e. The van der Waals surface area contributed by atoms with E-state index in [1.807, 2.05) is 4.90 Å². The number of hydrogen-bond donors (Lipinski definition) is 2. The van der Waals surface area contributed by atoms with Crippen LogP contribution in [0.3, 0.4) is 0 Å². The molecule has 1 amide bonds. The van der Waals surface area contributed by atoms with Gasteiger partial charge >= 0.3 is 5.97 Å². The Bertz CT molecular complexity index is 299. The quantitative estimate of drug-likeness (QED) is 0.634. The Morgan fingerprint density at radius 3 is 2.50 bits per heavy atom. The molecule has 0 unspecified atom stereocenters. The molecule has 5 heteroatoms. The fourth-order valence-electron chi connectivity index (χ4n) is 2.63. The summed E-state index contributed by atoms with van der Waals surface area (Å²) in [5.74, 6) is 0.0207. The first kappa shape index (κ1) is 17.0. The summed E-state index contributed by atoms with van der Waals surface area (Å²) in [5, 5.41) is 12.0. The van der Waals surface area contributed by atoms with E-state index in [9.17, 15) is 9.59 Å². The zero-order valence-corrected chi connectivity index (χ0v) is 12.6. The summed E-state index contributed by atoms with van der Waals surface area (Å²) in [7, 11) is 0. The molecule has 1 fully saturated rings. The van der Waals surface area contributed by atoms with Crippen molar-refractivity contribution in [2.45, 2.75) is 51.9 Å². The number of amides is 1. The molecular formula is C15H28N2O3. The molecular weight excluding hydrogens is 256 g/mol. The van der Waals surface area contributed by atoms with Gasteiger partial charge in [0.2, 0.25) is 5.91 Å². The number of nitrogens with one attached hydrogen (secondary N) is 1. The van der Waals surface area contributed by atoms with E-state index < -0.39 is 5.97 Å². The van der Waals surface area contributed by atoms with Crippen molar-refractivity contribution in [3.05, 3.63) is 0 Å². The van der Waals surface area contributed by atoms with Crippen molar-refractivity contribution in [2.24, 2.45) is 5.92 Å². The normalized spacial score (nSPS) is 16.4. The summed E-state index contributed by atoms with van der Waals surface area (Å²) < 4.78 is 0. The van der Waals surface area contributed by atoms with Crippen LogP contribution in [0.15, 0.2) is 0 Å². The molecule has 0 aliphatic carbocycles. The van der Waals surface area contributed by atoms with Gasteiger partial charge in [-0.1, -0.05) is 6.92 Å². The zero-order chi connectivity index (χ0) is 14.8. The van der Waals surface area contributed by atoms with Crippen LogP contribution in [0.1, 0.15) is 51.9 Å². The Labute approximate surface area is 121 Å². The van der Waals surface area contributed by atoms with E-state index in [-0.39, 0.29) is 12.3 Å². The van der Waals surface area contributed by atoms with E-state index in [1.165, 1.54) is 12.8 Å². The summed E-state index contributed by atoms with van der Waals surface area (Å²) in [4.78, 5) is 24.2. The molecule has 1 aliphatic rings. The average molecular weight is 284 g/mol. The molecule has 1 rings (SSSR count). The Hall–Kier alpha value is -1.10. The van der Waals surface area contributed by atoms with Crippen LogP contribution in [0.5, 0.6) is 0 Å². The van der Waals surface area contributed by atoms with Crippen LogP contribution in [-0.4, -0.2) is 48.1 Å². The highest BCUT2D eigenvalue weighted by atomic mass is 16.4. The summed E-state index contributed by atoms with van der Waals surface area (Å²) >= 11 is 0. The SMILES string of the molecule is CCCNCCC1CCN(C(=O)CCCC(=O)O)CC1. The molecule has 5 nitrogen and oxygen atoms in total. The number of rotatable bonds is 9. The molecule has 1 aliphatic heterocycles. The summed E-state index contributed by atoms with van der Waals surface area (Å²) in [5.41, 5.74) is 0. The lowest BCUT2D eigenvalue weighted by Gasteiger charge is -2.32. The van der Waals surface area contributed by atoms with Gasteiger partial charge in [0.1, 0.15) is 0 Å². The molecule has 2 N–H and O–H groups in total. The van der Waals surface area contributed by atoms with Gasteiger partial charge in [0.15, 0.2) is 0 Å². The van der Waals surface area contributed by atoms with Crippen LogP contribution in [0, 0.1) is 5.92 Å². The minimum atomic E-state index is -0.823. The second kappa shape index (κ2) is 9.75. The molecule has 0 radical (unpaired) electrons. The van der Waals surface area contributed by atoms with Crippen molar-refractivity contribution in [2.75, 3.05) is 26.2 Å². The molecule has 0 aromatic rings. The maximum Gasteiger partial charge on any atom is 0.303 e. The van der Waals surface area contributed by atoms with Crippen LogP contribution in [0.4, 0.5) is 0 Å². The molecule has 0 saturated carbocycles. The molecule has 0 atom stereocenters. The smallest absolute Gasteiger partial charge is 0.303 e. The van der Waals surface area contributed by atoms with E-state index in [4.69, 9.17) is 5.11 Å². The number of likely N-dealkylation sites (tertiary alicyclic amines) is 1.